The van der Waals surface area contributed by atoms with Crippen molar-refractivity contribution in [1.29, 1.82) is 0 Å². The third kappa shape index (κ3) is 5.38. The average molecular weight is 469 g/mol. The number of aromatic nitrogens is 1. The van der Waals surface area contributed by atoms with Crippen LogP contribution in [0.2, 0.25) is 0 Å². The van der Waals surface area contributed by atoms with Crippen molar-refractivity contribution in [2.24, 2.45) is 0 Å². The van der Waals surface area contributed by atoms with E-state index in [1.165, 1.54) is 22.3 Å². The van der Waals surface area contributed by atoms with Crippen molar-refractivity contribution in [3.63, 3.8) is 0 Å². The number of para-hydroxylation sites is 1. The molecular weight excluding hydrogens is 447 g/mol. The third-order valence-corrected chi connectivity index (χ3v) is 7.57. The minimum absolute atomic E-state index is 0.119. The number of nitrogens with zero attached hydrogens (tertiary/aromatic N) is 2. The van der Waals surface area contributed by atoms with E-state index in [9.17, 15) is 17.6 Å². The Kier molecular flexibility index (Phi) is 6.62. The maximum absolute atomic E-state index is 14.2. The smallest absolute Gasteiger partial charge is 0.230 e. The minimum atomic E-state index is -3.47. The highest BCUT2D eigenvalue weighted by Gasteiger charge is 2.23. The van der Waals surface area contributed by atoms with Crippen LogP contribution in [-0.4, -0.2) is 25.1 Å². The summed E-state index contributed by atoms with van der Waals surface area (Å²) in [5.41, 5.74) is 1.76. The van der Waals surface area contributed by atoms with Crippen molar-refractivity contribution in [3.8, 4) is 0 Å². The quantitative estimate of drug-likeness (QED) is 0.366. The van der Waals surface area contributed by atoms with Crippen LogP contribution < -0.4 is 4.90 Å². The molecule has 0 aliphatic rings. The van der Waals surface area contributed by atoms with Gasteiger partial charge in [0.05, 0.1) is 22.8 Å². The Morgan fingerprint density at radius 2 is 1.56 bits per heavy atom. The van der Waals surface area contributed by atoms with E-state index in [1.54, 1.807) is 36.4 Å². The summed E-state index contributed by atoms with van der Waals surface area (Å²) >= 11 is 1.21. The summed E-state index contributed by atoms with van der Waals surface area (Å²) < 4.78 is 39.9. The van der Waals surface area contributed by atoms with Crippen LogP contribution in [0, 0.1) is 5.82 Å². The first kappa shape index (κ1) is 22.1. The van der Waals surface area contributed by atoms with Gasteiger partial charge in [-0.15, -0.1) is 0 Å². The number of benzene rings is 3. The van der Waals surface area contributed by atoms with Crippen molar-refractivity contribution in [2.45, 2.75) is 18.7 Å². The second kappa shape index (κ2) is 9.58. The van der Waals surface area contributed by atoms with Gasteiger partial charge in [0.1, 0.15) is 11.3 Å². The molecule has 0 fully saturated rings. The molecule has 0 atom stereocenters. The SMILES string of the molecule is O=C(CCS(=O)(=O)Cc1ccccc1)N(Cc1ccccc1)c1nc2c(F)cccc2s1. The zero-order valence-corrected chi connectivity index (χ0v) is 18.8. The lowest BCUT2D eigenvalue weighted by Gasteiger charge is -2.20. The van der Waals surface area contributed by atoms with E-state index in [0.29, 0.717) is 15.4 Å². The highest BCUT2D eigenvalue weighted by atomic mass is 32.2. The number of sulfone groups is 1. The summed E-state index contributed by atoms with van der Waals surface area (Å²) in [5, 5.41) is 0.347. The first-order valence-electron chi connectivity index (χ1n) is 10.0. The van der Waals surface area contributed by atoms with Crippen molar-refractivity contribution in [1.82, 2.24) is 4.98 Å². The minimum Gasteiger partial charge on any atom is -0.284 e. The molecule has 0 radical (unpaired) electrons. The van der Waals surface area contributed by atoms with Gasteiger partial charge in [-0.1, -0.05) is 78.1 Å². The van der Waals surface area contributed by atoms with Crippen LogP contribution in [0.15, 0.2) is 78.9 Å². The topological polar surface area (TPSA) is 67.3 Å². The predicted octanol–water partition coefficient (Wildman–Crippen LogP) is 4.97. The van der Waals surface area contributed by atoms with Crippen LogP contribution in [0.3, 0.4) is 0 Å². The molecule has 0 aliphatic carbocycles. The van der Waals surface area contributed by atoms with Crippen LogP contribution in [0.1, 0.15) is 17.5 Å². The summed E-state index contributed by atoms with van der Waals surface area (Å²) in [6, 6.07) is 22.9. The van der Waals surface area contributed by atoms with Gasteiger partial charge in [-0.2, -0.15) is 0 Å². The van der Waals surface area contributed by atoms with Gasteiger partial charge >= 0.3 is 0 Å². The Bertz CT molecular complexity index is 1320. The summed E-state index contributed by atoms with van der Waals surface area (Å²) in [7, 11) is -3.47. The Morgan fingerprint density at radius 3 is 2.22 bits per heavy atom. The fourth-order valence-electron chi connectivity index (χ4n) is 3.33. The molecule has 8 heteroatoms. The Labute approximate surface area is 190 Å². The van der Waals surface area contributed by atoms with E-state index in [4.69, 9.17) is 0 Å². The van der Waals surface area contributed by atoms with Crippen molar-refractivity contribution in [3.05, 3.63) is 95.8 Å². The molecule has 0 unspecified atom stereocenters. The number of carbonyl (C=O) groups is 1. The molecule has 164 valence electrons. The molecule has 0 saturated heterocycles. The summed E-state index contributed by atoms with van der Waals surface area (Å²) in [4.78, 5) is 18.9. The Morgan fingerprint density at radius 1 is 0.906 bits per heavy atom. The standard InChI is InChI=1S/C24H21FN2O3S2/c25-20-12-7-13-21-23(20)26-24(31-21)27(16-18-8-3-1-4-9-18)22(28)14-15-32(29,30)17-19-10-5-2-6-11-19/h1-13H,14-17H2. The Balaban J connectivity index is 1.56. The number of anilines is 1. The second-order valence-electron chi connectivity index (χ2n) is 7.38. The zero-order valence-electron chi connectivity index (χ0n) is 17.1. The first-order valence-corrected chi connectivity index (χ1v) is 12.7. The van der Waals surface area contributed by atoms with Gasteiger partial charge in [0.15, 0.2) is 15.0 Å². The molecular formula is C24H21FN2O3S2. The van der Waals surface area contributed by atoms with Crippen molar-refractivity contribution in [2.75, 3.05) is 10.7 Å². The number of rotatable bonds is 8. The van der Waals surface area contributed by atoms with E-state index < -0.39 is 15.7 Å². The Hall–Kier alpha value is -3.10. The van der Waals surface area contributed by atoms with E-state index in [1.807, 2.05) is 36.4 Å². The van der Waals surface area contributed by atoms with Crippen LogP contribution >= 0.6 is 11.3 Å². The summed E-state index contributed by atoms with van der Waals surface area (Å²) in [6.45, 7) is 0.222. The molecule has 0 N–H and O–H groups in total. The molecule has 0 aliphatic heterocycles. The number of thiazole rings is 1. The molecule has 32 heavy (non-hydrogen) atoms. The third-order valence-electron chi connectivity index (χ3n) is 4.93. The summed E-state index contributed by atoms with van der Waals surface area (Å²) in [6.07, 6.45) is -0.180. The van der Waals surface area contributed by atoms with Gasteiger partial charge in [-0.05, 0) is 23.3 Å². The first-order chi connectivity index (χ1) is 15.4. The van der Waals surface area contributed by atoms with Crippen LogP contribution in [0.25, 0.3) is 10.2 Å². The van der Waals surface area contributed by atoms with Crippen molar-refractivity contribution >= 4 is 42.4 Å². The predicted molar refractivity (Wildman–Crippen MR) is 126 cm³/mol. The molecule has 0 bridgehead atoms. The van der Waals surface area contributed by atoms with Gasteiger partial charge in [0, 0.05) is 6.42 Å². The number of fused-ring (bicyclic) bond motifs is 1. The molecule has 4 aromatic rings. The molecule has 4 rings (SSSR count). The van der Waals surface area contributed by atoms with Gasteiger partial charge in [-0.25, -0.2) is 17.8 Å². The monoisotopic (exact) mass is 468 g/mol. The van der Waals surface area contributed by atoms with Gasteiger partial charge in [-0.3, -0.25) is 9.69 Å². The molecule has 3 aromatic carbocycles. The van der Waals surface area contributed by atoms with Gasteiger partial charge < -0.3 is 0 Å². The fraction of sp³-hybridized carbons (Fsp3) is 0.167. The number of halogens is 1. The van der Waals surface area contributed by atoms with E-state index >= 15 is 0 Å². The van der Waals surface area contributed by atoms with Crippen LogP contribution in [0.4, 0.5) is 9.52 Å². The number of hydrogen-bond acceptors (Lipinski definition) is 5. The van der Waals surface area contributed by atoms with Gasteiger partial charge in [0.2, 0.25) is 5.91 Å². The average Bonchev–Trinajstić information content (AvgIpc) is 3.22. The van der Waals surface area contributed by atoms with E-state index in [0.717, 1.165) is 5.56 Å². The van der Waals surface area contributed by atoms with E-state index in [2.05, 4.69) is 4.98 Å². The highest BCUT2D eigenvalue weighted by molar-refractivity contribution is 7.90. The molecule has 0 saturated carbocycles. The molecule has 1 heterocycles. The zero-order chi connectivity index (χ0) is 22.6. The van der Waals surface area contributed by atoms with E-state index in [-0.39, 0.29) is 35.9 Å². The lowest BCUT2D eigenvalue weighted by atomic mass is 10.2. The number of carbonyl (C=O) groups excluding carboxylic acids is 1. The maximum Gasteiger partial charge on any atom is 0.230 e. The number of hydrogen-bond donors (Lipinski definition) is 0. The maximum atomic E-state index is 14.2. The molecule has 5 nitrogen and oxygen atoms in total. The van der Waals surface area contributed by atoms with Crippen molar-refractivity contribution < 1.29 is 17.6 Å². The molecule has 0 spiro atoms. The summed E-state index contributed by atoms with van der Waals surface area (Å²) in [5.74, 6) is -1.22. The van der Waals surface area contributed by atoms with Crippen LogP contribution in [0.5, 0.6) is 0 Å². The molecule has 1 amide bonds. The second-order valence-corrected chi connectivity index (χ2v) is 10.6. The fourth-order valence-corrected chi connectivity index (χ4v) is 5.65. The van der Waals surface area contributed by atoms with Crippen LogP contribution in [-0.2, 0) is 26.9 Å². The lowest BCUT2D eigenvalue weighted by molar-refractivity contribution is -0.118. The molecule has 1 aromatic heterocycles. The highest BCUT2D eigenvalue weighted by Crippen LogP contribution is 2.31. The van der Waals surface area contributed by atoms with Gasteiger partial charge in [0.25, 0.3) is 0 Å². The lowest BCUT2D eigenvalue weighted by Crippen LogP contribution is -2.31. The normalized spacial score (nSPS) is 11.5. The largest absolute Gasteiger partial charge is 0.284 e. The number of amides is 1.